The molecule has 1 unspecified atom stereocenters. The molecular weight excluding hydrogens is 687 g/mol. The van der Waals surface area contributed by atoms with Gasteiger partial charge in [-0.1, -0.05) is 0 Å². The first-order chi connectivity index (χ1) is 17.7. The molecule has 27 heteroatoms. The molecule has 248 valence electrons. The third-order valence-electron chi connectivity index (χ3n) is 7.05. The van der Waals surface area contributed by atoms with Gasteiger partial charge in [-0.25, -0.2) is 13.2 Å². The zero-order valence-electron chi connectivity index (χ0n) is 17.8. The summed E-state index contributed by atoms with van der Waals surface area (Å²) in [4.78, 5) is 0. The zero-order valence-corrected chi connectivity index (χ0v) is 17.8. The molecule has 0 radical (unpaired) electrons. The summed E-state index contributed by atoms with van der Waals surface area (Å²) in [6, 6.07) is 0. The normalized spacial score (nSPS) is 41.0. The van der Waals surface area contributed by atoms with Gasteiger partial charge in [-0.3, -0.25) is 4.74 Å². The van der Waals surface area contributed by atoms with Gasteiger partial charge in [0.15, 0.2) is 0 Å². The number of aliphatic hydroxyl groups is 1. The highest BCUT2D eigenvalue weighted by molar-refractivity contribution is 5.54. The van der Waals surface area contributed by atoms with Crippen LogP contribution in [0.2, 0.25) is 0 Å². The number of halogens is 25. The molecule has 1 atom stereocenters. The number of rotatable bonds is 5. The smallest absolute Gasteiger partial charge is 0.350 e. The molecule has 4 rings (SSSR count). The number of hydrogen-bond acceptors (Lipinski definition) is 2. The van der Waals surface area contributed by atoms with Gasteiger partial charge >= 0.3 is 82.5 Å². The second-order valence-electron chi connectivity index (χ2n) is 8.99. The van der Waals surface area contributed by atoms with Gasteiger partial charge in [-0.05, 0) is 0 Å². The molecule has 4 aliphatic rings. The molecule has 0 amide bonds. The van der Waals surface area contributed by atoms with E-state index >= 15 is 0 Å². The van der Waals surface area contributed by atoms with E-state index in [4.69, 9.17) is 5.11 Å². The van der Waals surface area contributed by atoms with Crippen molar-refractivity contribution < 1.29 is 120 Å². The van der Waals surface area contributed by atoms with Crippen LogP contribution in [0.4, 0.5) is 110 Å². The molecule has 0 saturated heterocycles. The van der Waals surface area contributed by atoms with Crippen LogP contribution in [0.1, 0.15) is 0 Å². The Balaban J connectivity index is 2.55. The molecule has 0 aromatic rings. The molecule has 4 bridgehead atoms. The minimum absolute atomic E-state index is 1.31. The van der Waals surface area contributed by atoms with E-state index in [-0.39, 0.29) is 0 Å². The van der Waals surface area contributed by atoms with Crippen LogP contribution >= 0.6 is 0 Å². The van der Waals surface area contributed by atoms with Crippen molar-refractivity contribution in [2.45, 2.75) is 88.1 Å². The average molecular weight is 688 g/mol. The maximum Gasteiger partial charge on any atom is 0.460 e. The molecule has 1 N–H and O–H groups in total. The van der Waals surface area contributed by atoms with Crippen molar-refractivity contribution in [3.63, 3.8) is 0 Å². The Hall–Kier alpha value is -1.83. The van der Waals surface area contributed by atoms with Crippen LogP contribution in [0.15, 0.2) is 0 Å². The first-order valence-corrected chi connectivity index (χ1v) is 9.36. The summed E-state index contributed by atoms with van der Waals surface area (Å²) in [5.74, 6) is -79.0. The molecule has 4 fully saturated rings. The van der Waals surface area contributed by atoms with E-state index in [1.54, 1.807) is 0 Å². The van der Waals surface area contributed by atoms with Crippen molar-refractivity contribution >= 4 is 0 Å². The van der Waals surface area contributed by atoms with Crippen LogP contribution in [-0.4, -0.2) is 93.2 Å². The lowest BCUT2D eigenvalue weighted by molar-refractivity contribution is -0.637. The molecule has 4 aliphatic carbocycles. The summed E-state index contributed by atoms with van der Waals surface area (Å²) in [7, 11) is 0. The zero-order chi connectivity index (χ0) is 34.2. The topological polar surface area (TPSA) is 29.5 Å². The van der Waals surface area contributed by atoms with Crippen molar-refractivity contribution in [1.82, 2.24) is 0 Å². The Kier molecular flexibility index (Phi) is 5.92. The fraction of sp³-hybridized carbons (Fsp3) is 1.00. The van der Waals surface area contributed by atoms with Crippen LogP contribution in [0, 0.1) is 0 Å². The third-order valence-corrected chi connectivity index (χ3v) is 7.05. The Morgan fingerprint density at radius 1 is 0.381 bits per heavy atom. The van der Waals surface area contributed by atoms with Crippen molar-refractivity contribution in [1.29, 1.82) is 0 Å². The predicted octanol–water partition coefficient (Wildman–Crippen LogP) is 6.80. The maximum absolute atomic E-state index is 14.8. The molecule has 0 aliphatic heterocycles. The molecular formula is C15HF25O2. The van der Waals surface area contributed by atoms with Crippen LogP contribution in [-0.2, 0) is 4.74 Å². The standard InChI is InChI=1S/C15HF25O2/c16-1-5(19,20)2(17)7(23,24)3(18,6(1,21)22)10(29,30)4(8(1,25)26,9(2,27)28)42-15(39,40)13(35,41)11(31,32)12(33,34)14(36,37)38/h41H. The average Bonchev–Trinajstić information content (AvgIpc) is 2.75. The first kappa shape index (κ1) is 34.7. The van der Waals surface area contributed by atoms with Crippen LogP contribution in [0.5, 0.6) is 0 Å². The van der Waals surface area contributed by atoms with Gasteiger partial charge in [0.05, 0.1) is 0 Å². The van der Waals surface area contributed by atoms with Gasteiger partial charge in [0.25, 0.3) is 5.60 Å². The number of alkyl halides is 25. The third kappa shape index (κ3) is 2.40. The largest absolute Gasteiger partial charge is 0.460 e. The lowest BCUT2D eigenvalue weighted by atomic mass is 9.40. The second-order valence-corrected chi connectivity index (χ2v) is 8.99. The lowest BCUT2D eigenvalue weighted by Crippen LogP contribution is -3.10. The Morgan fingerprint density at radius 3 is 0.833 bits per heavy atom. The maximum atomic E-state index is 14.8. The summed E-state index contributed by atoms with van der Waals surface area (Å²) in [6.07, 6.45) is -17.0. The highest BCUT2D eigenvalue weighted by Crippen LogP contribution is 2.89. The van der Waals surface area contributed by atoms with Gasteiger partial charge in [-0.2, -0.15) is 96.6 Å². The first-order valence-electron chi connectivity index (χ1n) is 9.36. The van der Waals surface area contributed by atoms with Gasteiger partial charge in [-0.15, -0.1) is 0 Å². The Morgan fingerprint density at radius 2 is 0.619 bits per heavy atom. The molecule has 0 spiro atoms. The fourth-order valence-corrected chi connectivity index (χ4v) is 4.83. The highest BCUT2D eigenvalue weighted by Gasteiger charge is 3.24. The van der Waals surface area contributed by atoms with Gasteiger partial charge in [0.1, 0.15) is 0 Å². The SMILES string of the molecule is OC(F)(C(F)(F)OC12C(F)(F)C3(F)C(F)(F)C(F)(C(F)(F)C(F)(C3(F)F)C1(F)F)C2(F)F)C(F)(F)C(F)(F)C(F)(F)F. The summed E-state index contributed by atoms with van der Waals surface area (Å²) < 4.78 is 351. The monoisotopic (exact) mass is 688 g/mol. The summed E-state index contributed by atoms with van der Waals surface area (Å²) in [5.41, 5.74) is -35.2. The number of ether oxygens (including phenoxy) is 1. The highest BCUT2D eigenvalue weighted by atomic mass is 19.4. The lowest BCUT2D eigenvalue weighted by Gasteiger charge is -2.74. The van der Waals surface area contributed by atoms with Gasteiger partial charge < -0.3 is 5.11 Å². The van der Waals surface area contributed by atoms with Gasteiger partial charge in [0, 0.05) is 0 Å². The molecule has 42 heavy (non-hydrogen) atoms. The van der Waals surface area contributed by atoms with Crippen molar-refractivity contribution in [2.75, 3.05) is 0 Å². The van der Waals surface area contributed by atoms with E-state index in [9.17, 15) is 110 Å². The Labute approximate surface area is 209 Å². The van der Waals surface area contributed by atoms with Gasteiger partial charge in [0.2, 0.25) is 0 Å². The van der Waals surface area contributed by atoms with E-state index < -0.39 is 88.1 Å². The van der Waals surface area contributed by atoms with E-state index in [1.807, 2.05) is 0 Å². The van der Waals surface area contributed by atoms with Crippen LogP contribution in [0.25, 0.3) is 0 Å². The van der Waals surface area contributed by atoms with Crippen molar-refractivity contribution in [2.24, 2.45) is 0 Å². The molecule has 0 aromatic carbocycles. The van der Waals surface area contributed by atoms with Crippen LogP contribution in [0.3, 0.4) is 0 Å². The molecule has 4 saturated carbocycles. The molecule has 0 aromatic heterocycles. The minimum atomic E-state index is -9.01. The molecule has 0 heterocycles. The van der Waals surface area contributed by atoms with E-state index in [2.05, 4.69) is 0 Å². The van der Waals surface area contributed by atoms with Crippen molar-refractivity contribution in [3.8, 4) is 0 Å². The van der Waals surface area contributed by atoms with E-state index in [0.717, 1.165) is 0 Å². The Bertz CT molecular complexity index is 1070. The quantitative estimate of drug-likeness (QED) is 0.322. The summed E-state index contributed by atoms with van der Waals surface area (Å²) in [5, 5.41) is 8.45. The summed E-state index contributed by atoms with van der Waals surface area (Å²) in [6.45, 7) is 0. The minimum Gasteiger partial charge on any atom is -0.350 e. The van der Waals surface area contributed by atoms with E-state index in [0.29, 0.717) is 0 Å². The van der Waals surface area contributed by atoms with Crippen molar-refractivity contribution in [3.05, 3.63) is 0 Å². The molecule has 2 nitrogen and oxygen atoms in total. The number of hydrogen-bond donors (Lipinski definition) is 1. The second kappa shape index (κ2) is 7.18. The fourth-order valence-electron chi connectivity index (χ4n) is 4.83. The van der Waals surface area contributed by atoms with Crippen LogP contribution < -0.4 is 0 Å². The summed E-state index contributed by atoms with van der Waals surface area (Å²) >= 11 is 0. The predicted molar refractivity (Wildman–Crippen MR) is 72.0 cm³/mol. The van der Waals surface area contributed by atoms with E-state index in [1.165, 1.54) is 4.74 Å².